The molecule has 5 nitrogen and oxygen atoms in total. The van der Waals surface area contributed by atoms with Gasteiger partial charge in [0.2, 0.25) is 5.91 Å². The monoisotopic (exact) mass is 159 g/mol. The molecule has 0 rings (SSSR count). The van der Waals surface area contributed by atoms with E-state index in [2.05, 4.69) is 10.6 Å². The van der Waals surface area contributed by atoms with Crippen molar-refractivity contribution in [2.24, 2.45) is 5.73 Å². The average molecular weight is 159 g/mol. The molecule has 64 valence electrons. The number of nitrogens with one attached hydrogen (secondary N) is 2. The summed E-state index contributed by atoms with van der Waals surface area (Å²) in [5.41, 5.74) is 4.79. The van der Waals surface area contributed by atoms with Gasteiger partial charge in [0.1, 0.15) is 0 Å². The SMILES string of the molecule is CC(C)NC(=O)NCC(N)=O. The molecule has 0 heterocycles. The molecule has 0 aliphatic rings. The van der Waals surface area contributed by atoms with Crippen LogP contribution < -0.4 is 16.4 Å². The summed E-state index contributed by atoms with van der Waals surface area (Å²) in [6.45, 7) is 3.52. The Labute approximate surface area is 65.3 Å². The first-order valence-corrected chi connectivity index (χ1v) is 3.35. The van der Waals surface area contributed by atoms with Crippen LogP contribution in [0.1, 0.15) is 13.8 Å². The molecule has 0 aromatic carbocycles. The van der Waals surface area contributed by atoms with Gasteiger partial charge in [0, 0.05) is 6.04 Å². The van der Waals surface area contributed by atoms with E-state index in [9.17, 15) is 9.59 Å². The lowest BCUT2D eigenvalue weighted by Gasteiger charge is -2.07. The van der Waals surface area contributed by atoms with Crippen LogP contribution in [0.5, 0.6) is 0 Å². The Morgan fingerprint density at radius 3 is 2.36 bits per heavy atom. The summed E-state index contributed by atoms with van der Waals surface area (Å²) >= 11 is 0. The highest BCUT2D eigenvalue weighted by Crippen LogP contribution is 1.74. The second-order valence-electron chi connectivity index (χ2n) is 2.45. The zero-order valence-corrected chi connectivity index (χ0v) is 6.68. The molecule has 4 N–H and O–H groups in total. The van der Waals surface area contributed by atoms with E-state index < -0.39 is 5.91 Å². The van der Waals surface area contributed by atoms with Crippen LogP contribution in [0.3, 0.4) is 0 Å². The van der Waals surface area contributed by atoms with Crippen LogP contribution in [0.4, 0.5) is 4.79 Å². The maximum atomic E-state index is 10.7. The molecule has 0 spiro atoms. The van der Waals surface area contributed by atoms with E-state index in [4.69, 9.17) is 5.73 Å². The van der Waals surface area contributed by atoms with Gasteiger partial charge in [0.05, 0.1) is 6.54 Å². The standard InChI is InChI=1S/C6H13N3O2/c1-4(2)9-6(11)8-3-5(7)10/h4H,3H2,1-2H3,(H2,7,10)(H2,8,9,11). The zero-order valence-electron chi connectivity index (χ0n) is 6.68. The first-order chi connectivity index (χ1) is 5.02. The lowest BCUT2D eigenvalue weighted by Crippen LogP contribution is -2.42. The largest absolute Gasteiger partial charge is 0.368 e. The van der Waals surface area contributed by atoms with E-state index in [0.29, 0.717) is 0 Å². The van der Waals surface area contributed by atoms with Crippen molar-refractivity contribution in [3.63, 3.8) is 0 Å². The number of rotatable bonds is 3. The molecule has 0 fully saturated rings. The fourth-order valence-corrected chi connectivity index (χ4v) is 0.481. The number of urea groups is 1. The summed E-state index contributed by atoms with van der Waals surface area (Å²) in [6.07, 6.45) is 0. The molecular weight excluding hydrogens is 146 g/mol. The van der Waals surface area contributed by atoms with Crippen LogP contribution in [0, 0.1) is 0 Å². The van der Waals surface area contributed by atoms with E-state index in [1.807, 2.05) is 13.8 Å². The van der Waals surface area contributed by atoms with Gasteiger partial charge in [-0.2, -0.15) is 0 Å². The third kappa shape index (κ3) is 6.63. The number of primary amides is 1. The van der Waals surface area contributed by atoms with Crippen molar-refractivity contribution in [1.82, 2.24) is 10.6 Å². The normalized spacial score (nSPS) is 9.36. The lowest BCUT2D eigenvalue weighted by molar-refractivity contribution is -0.117. The van der Waals surface area contributed by atoms with Gasteiger partial charge in [-0.1, -0.05) is 0 Å². The second-order valence-corrected chi connectivity index (χ2v) is 2.45. The van der Waals surface area contributed by atoms with E-state index >= 15 is 0 Å². The van der Waals surface area contributed by atoms with Crippen LogP contribution in [0.2, 0.25) is 0 Å². The smallest absolute Gasteiger partial charge is 0.315 e. The molecule has 11 heavy (non-hydrogen) atoms. The lowest BCUT2D eigenvalue weighted by atomic mass is 10.4. The maximum absolute atomic E-state index is 10.7. The number of hydrogen-bond acceptors (Lipinski definition) is 2. The minimum absolute atomic E-state index is 0.0582. The summed E-state index contributed by atoms with van der Waals surface area (Å²) in [4.78, 5) is 20.9. The molecule has 0 radical (unpaired) electrons. The van der Waals surface area contributed by atoms with Crippen molar-refractivity contribution in [3.05, 3.63) is 0 Å². The third-order valence-corrected chi connectivity index (χ3v) is 0.843. The Morgan fingerprint density at radius 2 is 2.00 bits per heavy atom. The quantitative estimate of drug-likeness (QED) is 0.502. The summed E-state index contributed by atoms with van der Waals surface area (Å²) in [5.74, 6) is -0.552. The Balaban J connectivity index is 3.45. The predicted octanol–water partition coefficient (Wildman–Crippen LogP) is -0.821. The molecule has 0 aromatic rings. The Morgan fingerprint density at radius 1 is 1.45 bits per heavy atom. The number of carbonyl (C=O) groups is 2. The van der Waals surface area contributed by atoms with Gasteiger partial charge in [-0.05, 0) is 13.8 Å². The van der Waals surface area contributed by atoms with Gasteiger partial charge in [0.15, 0.2) is 0 Å². The fourth-order valence-electron chi connectivity index (χ4n) is 0.481. The molecule has 0 saturated carbocycles. The Hall–Kier alpha value is -1.26. The highest BCUT2D eigenvalue weighted by atomic mass is 16.2. The van der Waals surface area contributed by atoms with Crippen molar-refractivity contribution in [2.75, 3.05) is 6.54 Å². The van der Waals surface area contributed by atoms with Crippen molar-refractivity contribution < 1.29 is 9.59 Å². The first-order valence-electron chi connectivity index (χ1n) is 3.35. The summed E-state index contributed by atoms with van der Waals surface area (Å²) in [7, 11) is 0. The molecule has 5 heteroatoms. The average Bonchev–Trinajstić information content (AvgIpc) is 1.82. The van der Waals surface area contributed by atoms with Crippen molar-refractivity contribution >= 4 is 11.9 Å². The molecule has 0 aliphatic heterocycles. The van der Waals surface area contributed by atoms with Crippen molar-refractivity contribution in [2.45, 2.75) is 19.9 Å². The molecule has 0 unspecified atom stereocenters. The molecule has 3 amide bonds. The van der Waals surface area contributed by atoms with Gasteiger partial charge in [0.25, 0.3) is 0 Å². The van der Waals surface area contributed by atoms with Gasteiger partial charge in [-0.3, -0.25) is 4.79 Å². The van der Waals surface area contributed by atoms with Crippen LogP contribution in [0.25, 0.3) is 0 Å². The molecule has 0 atom stereocenters. The molecule has 0 aliphatic carbocycles. The summed E-state index contributed by atoms with van der Waals surface area (Å²) in [6, 6.07) is -0.318. The maximum Gasteiger partial charge on any atom is 0.315 e. The minimum atomic E-state index is -0.552. The Kier molecular flexibility index (Phi) is 4.02. The summed E-state index contributed by atoms with van der Waals surface area (Å²) in [5, 5.41) is 4.83. The van der Waals surface area contributed by atoms with Crippen LogP contribution in [0.15, 0.2) is 0 Å². The van der Waals surface area contributed by atoms with Gasteiger partial charge >= 0.3 is 6.03 Å². The van der Waals surface area contributed by atoms with Crippen molar-refractivity contribution in [1.29, 1.82) is 0 Å². The minimum Gasteiger partial charge on any atom is -0.368 e. The molecule has 0 bridgehead atoms. The van der Waals surface area contributed by atoms with Crippen molar-refractivity contribution in [3.8, 4) is 0 Å². The van der Waals surface area contributed by atoms with E-state index in [1.54, 1.807) is 0 Å². The number of amides is 3. The van der Waals surface area contributed by atoms with E-state index in [-0.39, 0.29) is 18.6 Å². The van der Waals surface area contributed by atoms with Crippen LogP contribution >= 0.6 is 0 Å². The van der Waals surface area contributed by atoms with Crippen LogP contribution in [-0.2, 0) is 4.79 Å². The highest BCUT2D eigenvalue weighted by Gasteiger charge is 2.01. The van der Waals surface area contributed by atoms with E-state index in [0.717, 1.165) is 0 Å². The molecule has 0 aromatic heterocycles. The zero-order chi connectivity index (χ0) is 8.85. The van der Waals surface area contributed by atoms with Gasteiger partial charge in [-0.15, -0.1) is 0 Å². The first kappa shape index (κ1) is 9.74. The highest BCUT2D eigenvalue weighted by molar-refractivity contribution is 5.82. The fraction of sp³-hybridized carbons (Fsp3) is 0.667. The van der Waals surface area contributed by atoms with Gasteiger partial charge < -0.3 is 16.4 Å². The third-order valence-electron chi connectivity index (χ3n) is 0.843. The molecule has 0 saturated heterocycles. The summed E-state index contributed by atoms with van der Waals surface area (Å²) < 4.78 is 0. The predicted molar refractivity (Wildman–Crippen MR) is 40.9 cm³/mol. The Bertz CT molecular complexity index is 156. The number of carbonyl (C=O) groups excluding carboxylic acids is 2. The van der Waals surface area contributed by atoms with Gasteiger partial charge in [-0.25, -0.2) is 4.79 Å². The molecular formula is C6H13N3O2. The number of hydrogen-bond donors (Lipinski definition) is 3. The second kappa shape index (κ2) is 4.54. The number of nitrogens with two attached hydrogens (primary N) is 1. The topological polar surface area (TPSA) is 84.2 Å². The van der Waals surface area contributed by atoms with E-state index in [1.165, 1.54) is 0 Å². The van der Waals surface area contributed by atoms with Crippen LogP contribution in [-0.4, -0.2) is 24.5 Å².